The number of carbonyl (C=O) groups is 2. The molecular weight excluding hydrogens is 385 g/mol. The average Bonchev–Trinajstić information content (AvgIpc) is 2.55. The van der Waals surface area contributed by atoms with Crippen LogP contribution in [0.2, 0.25) is 10.0 Å². The second-order valence-electron chi connectivity index (χ2n) is 5.51. The Morgan fingerprint density at radius 1 is 1.12 bits per heavy atom. The Morgan fingerprint density at radius 3 is 2.28 bits per heavy atom. The number of nitrogens with zero attached hydrogens (tertiary/aromatic N) is 1. The summed E-state index contributed by atoms with van der Waals surface area (Å²) in [6, 6.07) is 4.99. The van der Waals surface area contributed by atoms with Crippen molar-refractivity contribution in [3.63, 3.8) is 0 Å². The normalized spacial score (nSPS) is 10.1. The summed E-state index contributed by atoms with van der Waals surface area (Å²) < 4.78 is 0. The highest BCUT2D eigenvalue weighted by molar-refractivity contribution is 6.39. The number of nitrogens with two attached hydrogens (primary N) is 1. The number of rotatable bonds is 10. The summed E-state index contributed by atoms with van der Waals surface area (Å²) in [6.45, 7) is 2.99. The van der Waals surface area contributed by atoms with Crippen molar-refractivity contribution in [2.24, 2.45) is 5.73 Å². The molecule has 0 unspecified atom stereocenters. The first-order chi connectivity index (χ1) is 11.5. The molecule has 1 aromatic rings. The lowest BCUT2D eigenvalue weighted by molar-refractivity contribution is -0.134. The molecule has 0 heterocycles. The van der Waals surface area contributed by atoms with Crippen molar-refractivity contribution in [3.05, 3.63) is 28.2 Å². The third-order valence-corrected chi connectivity index (χ3v) is 4.27. The molecule has 0 saturated heterocycles. The lowest BCUT2D eigenvalue weighted by Gasteiger charge is -2.20. The summed E-state index contributed by atoms with van der Waals surface area (Å²) in [7, 11) is 0. The molecule has 142 valence electrons. The van der Waals surface area contributed by atoms with E-state index in [-0.39, 0.29) is 30.8 Å². The second kappa shape index (κ2) is 13.2. The summed E-state index contributed by atoms with van der Waals surface area (Å²) in [4.78, 5) is 25.9. The van der Waals surface area contributed by atoms with Gasteiger partial charge in [-0.15, -0.1) is 12.4 Å². The van der Waals surface area contributed by atoms with Crippen LogP contribution >= 0.6 is 35.6 Å². The average molecular weight is 411 g/mol. The molecular formula is C17H26Cl3N3O2. The van der Waals surface area contributed by atoms with Crippen LogP contribution in [0.1, 0.15) is 39.0 Å². The van der Waals surface area contributed by atoms with Gasteiger partial charge < -0.3 is 16.0 Å². The van der Waals surface area contributed by atoms with Crippen LogP contribution in [0.4, 0.5) is 5.69 Å². The van der Waals surface area contributed by atoms with Crippen molar-refractivity contribution in [2.45, 2.75) is 39.0 Å². The smallest absolute Gasteiger partial charge is 0.244 e. The molecule has 5 nitrogen and oxygen atoms in total. The molecule has 0 spiro atoms. The lowest BCUT2D eigenvalue weighted by Crippen LogP contribution is -2.37. The highest BCUT2D eigenvalue weighted by Crippen LogP contribution is 2.29. The molecule has 8 heteroatoms. The van der Waals surface area contributed by atoms with Crippen LogP contribution in [0.25, 0.3) is 0 Å². The molecule has 0 fully saturated rings. The van der Waals surface area contributed by atoms with Gasteiger partial charge in [-0.25, -0.2) is 0 Å². The third-order valence-electron chi connectivity index (χ3n) is 3.64. The Hall–Kier alpha value is -1.01. The number of hydrogen-bond acceptors (Lipinski definition) is 3. The van der Waals surface area contributed by atoms with E-state index in [2.05, 4.69) is 5.32 Å². The van der Waals surface area contributed by atoms with Crippen LogP contribution in [0.3, 0.4) is 0 Å². The molecule has 2 amide bonds. The molecule has 0 bridgehead atoms. The van der Waals surface area contributed by atoms with Crippen LogP contribution in [-0.2, 0) is 9.59 Å². The number of nitrogens with one attached hydrogen (secondary N) is 1. The molecule has 0 aliphatic rings. The standard InChI is InChI=1S/C17H25Cl2N3O2.ClH/c1-2-22(16(24)10-5-3-4-6-11-20)12-15(23)21-17-13(18)8-7-9-14(17)19;/h7-9H,2-6,10-12,20H2,1H3,(H,21,23);1H. The quantitative estimate of drug-likeness (QED) is 0.570. The van der Waals surface area contributed by atoms with Gasteiger partial charge in [0.1, 0.15) is 0 Å². The largest absolute Gasteiger partial charge is 0.334 e. The SMILES string of the molecule is CCN(CC(=O)Nc1c(Cl)cccc1Cl)C(=O)CCCCCCN.Cl. The Labute approximate surface area is 165 Å². The molecule has 0 aliphatic heterocycles. The van der Waals surface area contributed by atoms with Crippen LogP contribution in [0.5, 0.6) is 0 Å². The maximum atomic E-state index is 12.2. The van der Waals surface area contributed by atoms with E-state index in [9.17, 15) is 9.59 Å². The molecule has 0 saturated carbocycles. The minimum absolute atomic E-state index is 0. The maximum absolute atomic E-state index is 12.2. The molecule has 0 radical (unpaired) electrons. The number of benzene rings is 1. The number of likely N-dealkylation sites (N-methyl/N-ethyl adjacent to an activating group) is 1. The Morgan fingerprint density at radius 2 is 1.72 bits per heavy atom. The Kier molecular flexibility index (Phi) is 12.7. The van der Waals surface area contributed by atoms with Gasteiger partial charge in [-0.3, -0.25) is 9.59 Å². The zero-order valence-corrected chi connectivity index (χ0v) is 16.7. The Balaban J connectivity index is 0.00000576. The minimum atomic E-state index is -0.316. The monoisotopic (exact) mass is 409 g/mol. The van der Waals surface area contributed by atoms with E-state index in [0.717, 1.165) is 25.7 Å². The molecule has 1 rings (SSSR count). The van der Waals surface area contributed by atoms with E-state index in [4.69, 9.17) is 28.9 Å². The predicted octanol–water partition coefficient (Wildman–Crippen LogP) is 4.11. The van der Waals surface area contributed by atoms with Gasteiger partial charge in [0.05, 0.1) is 22.3 Å². The van der Waals surface area contributed by atoms with Crippen molar-refractivity contribution >= 4 is 53.1 Å². The number of amides is 2. The van der Waals surface area contributed by atoms with Gasteiger partial charge in [0.2, 0.25) is 11.8 Å². The number of hydrogen-bond donors (Lipinski definition) is 2. The van der Waals surface area contributed by atoms with Crippen molar-refractivity contribution < 1.29 is 9.59 Å². The van der Waals surface area contributed by atoms with Crippen LogP contribution < -0.4 is 11.1 Å². The van der Waals surface area contributed by atoms with Gasteiger partial charge >= 0.3 is 0 Å². The number of carbonyl (C=O) groups excluding carboxylic acids is 2. The van der Waals surface area contributed by atoms with Crippen LogP contribution in [0.15, 0.2) is 18.2 Å². The van der Waals surface area contributed by atoms with E-state index >= 15 is 0 Å². The van der Waals surface area contributed by atoms with Gasteiger partial charge in [-0.2, -0.15) is 0 Å². The number of para-hydroxylation sites is 1. The first-order valence-electron chi connectivity index (χ1n) is 8.21. The predicted molar refractivity (Wildman–Crippen MR) is 107 cm³/mol. The second-order valence-corrected chi connectivity index (χ2v) is 6.32. The lowest BCUT2D eigenvalue weighted by atomic mass is 10.1. The molecule has 3 N–H and O–H groups in total. The number of anilines is 1. The maximum Gasteiger partial charge on any atom is 0.244 e. The van der Waals surface area contributed by atoms with Crippen molar-refractivity contribution in [2.75, 3.05) is 25.0 Å². The van der Waals surface area contributed by atoms with E-state index < -0.39 is 0 Å². The van der Waals surface area contributed by atoms with Gasteiger partial charge in [0.15, 0.2) is 0 Å². The van der Waals surface area contributed by atoms with Crippen LogP contribution in [-0.4, -0.2) is 36.3 Å². The molecule has 25 heavy (non-hydrogen) atoms. The summed E-state index contributed by atoms with van der Waals surface area (Å²) in [5.41, 5.74) is 5.81. The molecule has 0 aliphatic carbocycles. The molecule has 1 aromatic carbocycles. The van der Waals surface area contributed by atoms with Crippen LogP contribution in [0, 0.1) is 0 Å². The van der Waals surface area contributed by atoms with Gasteiger partial charge in [0.25, 0.3) is 0 Å². The van der Waals surface area contributed by atoms with Crippen molar-refractivity contribution in [3.8, 4) is 0 Å². The molecule has 0 atom stereocenters. The zero-order chi connectivity index (χ0) is 17.9. The van der Waals surface area contributed by atoms with Crippen molar-refractivity contribution in [1.29, 1.82) is 0 Å². The fourth-order valence-electron chi connectivity index (χ4n) is 2.28. The van der Waals surface area contributed by atoms with E-state index in [0.29, 0.717) is 35.2 Å². The van der Waals surface area contributed by atoms with Gasteiger partial charge in [0, 0.05) is 13.0 Å². The van der Waals surface area contributed by atoms with Gasteiger partial charge in [-0.1, -0.05) is 42.1 Å². The number of halogens is 3. The van der Waals surface area contributed by atoms with Crippen molar-refractivity contribution in [1.82, 2.24) is 4.90 Å². The highest BCUT2D eigenvalue weighted by Gasteiger charge is 2.16. The summed E-state index contributed by atoms with van der Waals surface area (Å²) in [5, 5.41) is 3.40. The molecule has 0 aromatic heterocycles. The first-order valence-corrected chi connectivity index (χ1v) is 8.96. The van der Waals surface area contributed by atoms with E-state index in [1.807, 2.05) is 6.92 Å². The van der Waals surface area contributed by atoms with Gasteiger partial charge in [-0.05, 0) is 38.4 Å². The topological polar surface area (TPSA) is 75.4 Å². The highest BCUT2D eigenvalue weighted by atomic mass is 35.5. The number of unbranched alkanes of at least 4 members (excludes halogenated alkanes) is 3. The Bertz CT molecular complexity index is 536. The fourth-order valence-corrected chi connectivity index (χ4v) is 2.77. The zero-order valence-electron chi connectivity index (χ0n) is 14.4. The van der Waals surface area contributed by atoms with E-state index in [1.54, 1.807) is 18.2 Å². The minimum Gasteiger partial charge on any atom is -0.334 e. The third kappa shape index (κ3) is 8.77. The summed E-state index contributed by atoms with van der Waals surface area (Å²) in [5.74, 6) is -0.339. The fraction of sp³-hybridized carbons (Fsp3) is 0.529. The summed E-state index contributed by atoms with van der Waals surface area (Å²) >= 11 is 12.1. The summed E-state index contributed by atoms with van der Waals surface area (Å²) in [6.07, 6.45) is 4.24. The van der Waals surface area contributed by atoms with E-state index in [1.165, 1.54) is 4.90 Å². The first kappa shape index (κ1) is 24.0.